The number of hydrogen-bond acceptors (Lipinski definition) is 2. The predicted molar refractivity (Wildman–Crippen MR) is 62.1 cm³/mol. The molecule has 0 bridgehead atoms. The standard InChI is InChI=1S/C12H17NO3/c1-7(2)10-6-5-9(12(15)16)11(14)13(10)8(3)4/h5-8H,1-4H3,(H,15,16). The minimum atomic E-state index is -1.17. The van der Waals surface area contributed by atoms with Crippen molar-refractivity contribution in [3.63, 3.8) is 0 Å². The molecule has 4 nitrogen and oxygen atoms in total. The summed E-state index contributed by atoms with van der Waals surface area (Å²) in [6.07, 6.45) is 0. The molecule has 4 heteroatoms. The van der Waals surface area contributed by atoms with Crippen LogP contribution in [0.25, 0.3) is 0 Å². The zero-order valence-corrected chi connectivity index (χ0v) is 10.0. The number of nitrogens with zero attached hydrogens (tertiary/aromatic N) is 1. The summed E-state index contributed by atoms with van der Waals surface area (Å²) < 4.78 is 1.55. The zero-order chi connectivity index (χ0) is 12.5. The third-order valence-corrected chi connectivity index (χ3v) is 2.49. The number of aromatic nitrogens is 1. The third-order valence-electron chi connectivity index (χ3n) is 2.49. The summed E-state index contributed by atoms with van der Waals surface area (Å²) >= 11 is 0. The van der Waals surface area contributed by atoms with Crippen LogP contribution in [0.15, 0.2) is 16.9 Å². The minimum Gasteiger partial charge on any atom is -0.477 e. The van der Waals surface area contributed by atoms with Crippen molar-refractivity contribution in [2.24, 2.45) is 0 Å². The van der Waals surface area contributed by atoms with Crippen molar-refractivity contribution in [1.82, 2.24) is 4.57 Å². The molecule has 0 aliphatic rings. The lowest BCUT2D eigenvalue weighted by atomic mass is 10.1. The molecular weight excluding hydrogens is 206 g/mol. The van der Waals surface area contributed by atoms with E-state index in [1.165, 1.54) is 6.07 Å². The minimum absolute atomic E-state index is 0.0378. The Labute approximate surface area is 94.5 Å². The molecule has 88 valence electrons. The quantitative estimate of drug-likeness (QED) is 0.855. The van der Waals surface area contributed by atoms with E-state index in [1.807, 2.05) is 27.7 Å². The van der Waals surface area contributed by atoms with Crippen molar-refractivity contribution in [2.45, 2.75) is 39.7 Å². The lowest BCUT2D eigenvalue weighted by Crippen LogP contribution is -2.30. The first-order chi connectivity index (χ1) is 7.36. The molecule has 0 unspecified atom stereocenters. The molecule has 0 saturated carbocycles. The van der Waals surface area contributed by atoms with E-state index in [9.17, 15) is 9.59 Å². The predicted octanol–water partition coefficient (Wildman–Crippen LogP) is 2.25. The fraction of sp³-hybridized carbons (Fsp3) is 0.500. The Balaban J connectivity index is 3.55. The van der Waals surface area contributed by atoms with Crippen LogP contribution >= 0.6 is 0 Å². The van der Waals surface area contributed by atoms with Gasteiger partial charge in [0.2, 0.25) is 0 Å². The van der Waals surface area contributed by atoms with Crippen molar-refractivity contribution in [1.29, 1.82) is 0 Å². The van der Waals surface area contributed by atoms with Gasteiger partial charge in [-0.15, -0.1) is 0 Å². The first kappa shape index (κ1) is 12.5. The smallest absolute Gasteiger partial charge is 0.341 e. The van der Waals surface area contributed by atoms with Crippen LogP contribution in [0.1, 0.15) is 55.7 Å². The molecule has 1 rings (SSSR count). The number of hydrogen-bond donors (Lipinski definition) is 1. The van der Waals surface area contributed by atoms with Gasteiger partial charge in [0, 0.05) is 11.7 Å². The molecule has 1 N–H and O–H groups in total. The zero-order valence-electron chi connectivity index (χ0n) is 10.0. The van der Waals surface area contributed by atoms with Crippen molar-refractivity contribution < 1.29 is 9.90 Å². The Morgan fingerprint density at radius 3 is 2.19 bits per heavy atom. The largest absolute Gasteiger partial charge is 0.477 e. The van der Waals surface area contributed by atoms with Gasteiger partial charge in [0.25, 0.3) is 5.56 Å². The van der Waals surface area contributed by atoms with Crippen LogP contribution in [0, 0.1) is 0 Å². The molecule has 0 radical (unpaired) electrons. The Bertz CT molecular complexity index is 458. The lowest BCUT2D eigenvalue weighted by Gasteiger charge is -2.19. The maximum atomic E-state index is 12.0. The van der Waals surface area contributed by atoms with Gasteiger partial charge in [-0.1, -0.05) is 13.8 Å². The highest BCUT2D eigenvalue weighted by Gasteiger charge is 2.16. The van der Waals surface area contributed by atoms with E-state index in [-0.39, 0.29) is 17.5 Å². The van der Waals surface area contributed by atoms with E-state index in [1.54, 1.807) is 10.6 Å². The van der Waals surface area contributed by atoms with Crippen molar-refractivity contribution in [3.05, 3.63) is 33.7 Å². The van der Waals surface area contributed by atoms with Crippen molar-refractivity contribution >= 4 is 5.97 Å². The van der Waals surface area contributed by atoms with Gasteiger partial charge >= 0.3 is 5.97 Å². The maximum absolute atomic E-state index is 12.0. The number of carbonyl (C=O) groups is 1. The van der Waals surface area contributed by atoms with Crippen LogP contribution in [0.3, 0.4) is 0 Å². The molecule has 0 amide bonds. The topological polar surface area (TPSA) is 59.3 Å². The van der Waals surface area contributed by atoms with Gasteiger partial charge in [0.05, 0.1) is 0 Å². The average Bonchev–Trinajstić information content (AvgIpc) is 2.15. The van der Waals surface area contributed by atoms with Gasteiger partial charge in [-0.2, -0.15) is 0 Å². The Hall–Kier alpha value is -1.58. The first-order valence-corrected chi connectivity index (χ1v) is 5.35. The molecule has 0 atom stereocenters. The molecule has 1 aromatic heterocycles. The number of rotatable bonds is 3. The first-order valence-electron chi connectivity index (χ1n) is 5.35. The number of carboxylic acid groups (broad SMARTS) is 1. The molecular formula is C12H17NO3. The van der Waals surface area contributed by atoms with Crippen molar-refractivity contribution in [3.8, 4) is 0 Å². The van der Waals surface area contributed by atoms with Crippen LogP contribution in [-0.4, -0.2) is 15.6 Å². The summed E-state index contributed by atoms with van der Waals surface area (Å²) in [4.78, 5) is 22.8. The molecule has 1 aromatic rings. The summed E-state index contributed by atoms with van der Waals surface area (Å²) in [7, 11) is 0. The van der Waals surface area contributed by atoms with Crippen LogP contribution in [0.4, 0.5) is 0 Å². The summed E-state index contributed by atoms with van der Waals surface area (Å²) in [6, 6.07) is 3.07. The van der Waals surface area contributed by atoms with Gasteiger partial charge in [-0.25, -0.2) is 4.79 Å². The second-order valence-corrected chi connectivity index (χ2v) is 4.40. The fourth-order valence-electron chi connectivity index (χ4n) is 1.73. The maximum Gasteiger partial charge on any atom is 0.341 e. The molecule has 0 aliphatic carbocycles. The Morgan fingerprint density at radius 2 is 1.81 bits per heavy atom. The molecule has 0 aliphatic heterocycles. The molecule has 1 heterocycles. The van der Waals surface area contributed by atoms with E-state index in [0.717, 1.165) is 5.69 Å². The second kappa shape index (κ2) is 4.51. The monoisotopic (exact) mass is 223 g/mol. The van der Waals surface area contributed by atoms with Gasteiger partial charge in [-0.05, 0) is 31.9 Å². The van der Waals surface area contributed by atoms with Crippen LogP contribution in [0.2, 0.25) is 0 Å². The highest BCUT2D eigenvalue weighted by Crippen LogP contribution is 2.16. The van der Waals surface area contributed by atoms with Gasteiger partial charge in [0.15, 0.2) is 0 Å². The number of carboxylic acids is 1. The highest BCUT2D eigenvalue weighted by molar-refractivity contribution is 5.87. The van der Waals surface area contributed by atoms with Gasteiger partial charge < -0.3 is 9.67 Å². The Morgan fingerprint density at radius 1 is 1.25 bits per heavy atom. The summed E-state index contributed by atoms with van der Waals surface area (Å²) in [5.41, 5.74) is 0.275. The molecule has 16 heavy (non-hydrogen) atoms. The van der Waals surface area contributed by atoms with Gasteiger partial charge in [0.1, 0.15) is 5.56 Å². The lowest BCUT2D eigenvalue weighted by molar-refractivity contribution is 0.0694. The Kier molecular flexibility index (Phi) is 3.52. The number of aromatic carboxylic acids is 1. The average molecular weight is 223 g/mol. The van der Waals surface area contributed by atoms with E-state index in [4.69, 9.17) is 5.11 Å². The van der Waals surface area contributed by atoms with Crippen LogP contribution < -0.4 is 5.56 Å². The normalized spacial score (nSPS) is 11.1. The molecule has 0 spiro atoms. The van der Waals surface area contributed by atoms with Gasteiger partial charge in [-0.3, -0.25) is 4.79 Å². The summed E-state index contributed by atoms with van der Waals surface area (Å²) in [6.45, 7) is 7.71. The second-order valence-electron chi connectivity index (χ2n) is 4.40. The van der Waals surface area contributed by atoms with E-state index >= 15 is 0 Å². The third kappa shape index (κ3) is 2.15. The highest BCUT2D eigenvalue weighted by atomic mass is 16.4. The van der Waals surface area contributed by atoms with E-state index < -0.39 is 11.5 Å². The SMILES string of the molecule is CC(C)c1ccc(C(=O)O)c(=O)n1C(C)C. The van der Waals surface area contributed by atoms with Crippen molar-refractivity contribution in [2.75, 3.05) is 0 Å². The van der Waals surface area contributed by atoms with Crippen LogP contribution in [-0.2, 0) is 0 Å². The number of pyridine rings is 1. The molecule has 0 saturated heterocycles. The summed E-state index contributed by atoms with van der Waals surface area (Å²) in [5, 5.41) is 8.89. The van der Waals surface area contributed by atoms with E-state index in [2.05, 4.69) is 0 Å². The summed E-state index contributed by atoms with van der Waals surface area (Å²) in [5.74, 6) is -0.979. The fourth-order valence-corrected chi connectivity index (χ4v) is 1.73. The molecule has 0 aromatic carbocycles. The van der Waals surface area contributed by atoms with Crippen LogP contribution in [0.5, 0.6) is 0 Å². The van der Waals surface area contributed by atoms with E-state index in [0.29, 0.717) is 0 Å². The molecule has 0 fully saturated rings.